The van der Waals surface area contributed by atoms with E-state index < -0.39 is 6.04 Å². The van der Waals surface area contributed by atoms with E-state index in [1.165, 1.54) is 22.7 Å². The van der Waals surface area contributed by atoms with Crippen LogP contribution in [0.2, 0.25) is 0 Å². The van der Waals surface area contributed by atoms with Gasteiger partial charge in [0.15, 0.2) is 0 Å². The Morgan fingerprint density at radius 2 is 1.90 bits per heavy atom. The molecule has 0 aliphatic carbocycles. The van der Waals surface area contributed by atoms with Crippen LogP contribution in [-0.4, -0.2) is 29.8 Å². The zero-order chi connectivity index (χ0) is 14.1. The summed E-state index contributed by atoms with van der Waals surface area (Å²) in [5.41, 5.74) is 1.14. The molecule has 0 aromatic heterocycles. The van der Waals surface area contributed by atoms with Crippen LogP contribution in [-0.2, 0) is 16.1 Å². The molecule has 1 saturated heterocycles. The summed E-state index contributed by atoms with van der Waals surface area (Å²) in [4.78, 5) is 24.5. The zero-order valence-corrected chi connectivity index (χ0v) is 11.3. The Labute approximate surface area is 117 Å². The van der Waals surface area contributed by atoms with Crippen LogP contribution < -0.4 is 5.32 Å². The van der Waals surface area contributed by atoms with Crippen molar-refractivity contribution in [3.05, 3.63) is 48.0 Å². The lowest BCUT2D eigenvalue weighted by Crippen LogP contribution is -2.36. The highest BCUT2D eigenvalue weighted by Gasteiger charge is 2.35. The van der Waals surface area contributed by atoms with Gasteiger partial charge in [-0.2, -0.15) is 0 Å². The number of carbonyl (C=O) groups is 2. The molecule has 2 aromatic rings. The van der Waals surface area contributed by atoms with Gasteiger partial charge in [0, 0.05) is 13.6 Å². The smallest absolute Gasteiger partial charge is 0.246 e. The summed E-state index contributed by atoms with van der Waals surface area (Å²) in [7, 11) is 1.53. The first kappa shape index (κ1) is 12.8. The van der Waals surface area contributed by atoms with Gasteiger partial charge in [-0.05, 0) is 16.3 Å². The standard InChI is InChI=1S/C16H16N2O2/c1-18-15(19)9-14(16(18)20)17-10-12-7-4-6-11-5-2-3-8-13(11)12/h2-8,14,17H,9-10H2,1H3. The molecule has 2 amide bonds. The minimum absolute atomic E-state index is 0.120. The molecule has 1 aliphatic rings. The third-order valence-electron chi connectivity index (χ3n) is 3.80. The summed E-state index contributed by atoms with van der Waals surface area (Å²) in [5.74, 6) is -0.263. The van der Waals surface area contributed by atoms with Crippen molar-refractivity contribution in [1.82, 2.24) is 10.2 Å². The second kappa shape index (κ2) is 5.06. The second-order valence-corrected chi connectivity index (χ2v) is 5.07. The lowest BCUT2D eigenvalue weighted by Gasteiger charge is -2.12. The summed E-state index contributed by atoms with van der Waals surface area (Å²) in [6.45, 7) is 0.582. The summed E-state index contributed by atoms with van der Waals surface area (Å²) in [6, 6.07) is 13.9. The van der Waals surface area contributed by atoms with E-state index >= 15 is 0 Å². The van der Waals surface area contributed by atoms with Crippen LogP contribution >= 0.6 is 0 Å². The predicted molar refractivity (Wildman–Crippen MR) is 77.0 cm³/mol. The largest absolute Gasteiger partial charge is 0.301 e. The average molecular weight is 268 g/mol. The highest BCUT2D eigenvalue weighted by Crippen LogP contribution is 2.19. The van der Waals surface area contributed by atoms with Crippen LogP contribution in [0.15, 0.2) is 42.5 Å². The number of nitrogens with zero attached hydrogens (tertiary/aromatic N) is 1. The maximum atomic E-state index is 11.8. The first-order chi connectivity index (χ1) is 9.66. The molecule has 1 aliphatic heterocycles. The van der Waals surface area contributed by atoms with Crippen molar-refractivity contribution in [2.45, 2.75) is 19.0 Å². The van der Waals surface area contributed by atoms with E-state index in [4.69, 9.17) is 0 Å². The van der Waals surface area contributed by atoms with E-state index in [2.05, 4.69) is 23.5 Å². The molecule has 1 fully saturated rings. The van der Waals surface area contributed by atoms with Gasteiger partial charge in [-0.3, -0.25) is 14.5 Å². The number of nitrogens with one attached hydrogen (secondary N) is 1. The van der Waals surface area contributed by atoms with E-state index in [1.807, 2.05) is 24.3 Å². The molecule has 4 nitrogen and oxygen atoms in total. The number of amides is 2. The van der Waals surface area contributed by atoms with Gasteiger partial charge < -0.3 is 5.32 Å². The molecule has 4 heteroatoms. The van der Waals surface area contributed by atoms with Crippen molar-refractivity contribution in [3.8, 4) is 0 Å². The van der Waals surface area contributed by atoms with E-state index in [0.717, 1.165) is 5.56 Å². The van der Waals surface area contributed by atoms with Gasteiger partial charge in [0.2, 0.25) is 11.8 Å². The SMILES string of the molecule is CN1C(=O)CC(NCc2cccc3ccccc23)C1=O. The topological polar surface area (TPSA) is 49.4 Å². The number of rotatable bonds is 3. The van der Waals surface area contributed by atoms with E-state index in [1.54, 1.807) is 0 Å². The van der Waals surface area contributed by atoms with Gasteiger partial charge in [0.05, 0.1) is 12.5 Å². The quantitative estimate of drug-likeness (QED) is 0.862. The Morgan fingerprint density at radius 1 is 1.15 bits per heavy atom. The molecule has 1 atom stereocenters. The lowest BCUT2D eigenvalue weighted by atomic mass is 10.0. The highest BCUT2D eigenvalue weighted by molar-refractivity contribution is 6.05. The monoisotopic (exact) mass is 268 g/mol. The van der Waals surface area contributed by atoms with Gasteiger partial charge in [0.1, 0.15) is 0 Å². The molecule has 2 aromatic carbocycles. The molecular formula is C16H16N2O2. The van der Waals surface area contributed by atoms with Crippen LogP contribution in [0.1, 0.15) is 12.0 Å². The van der Waals surface area contributed by atoms with Crippen LogP contribution in [0.5, 0.6) is 0 Å². The number of hydrogen-bond acceptors (Lipinski definition) is 3. The minimum atomic E-state index is -0.397. The average Bonchev–Trinajstić information content (AvgIpc) is 2.72. The maximum absolute atomic E-state index is 11.8. The van der Waals surface area contributed by atoms with Gasteiger partial charge >= 0.3 is 0 Å². The molecule has 0 bridgehead atoms. The molecule has 3 rings (SSSR count). The zero-order valence-electron chi connectivity index (χ0n) is 11.3. The highest BCUT2D eigenvalue weighted by atomic mass is 16.2. The predicted octanol–water partition coefficient (Wildman–Crippen LogP) is 1.69. The molecule has 1 heterocycles. The molecule has 1 unspecified atom stereocenters. The first-order valence-electron chi connectivity index (χ1n) is 6.67. The third-order valence-corrected chi connectivity index (χ3v) is 3.80. The molecule has 0 radical (unpaired) electrons. The van der Waals surface area contributed by atoms with Crippen molar-refractivity contribution in [3.63, 3.8) is 0 Å². The van der Waals surface area contributed by atoms with Crippen molar-refractivity contribution in [1.29, 1.82) is 0 Å². The van der Waals surface area contributed by atoms with Gasteiger partial charge in [-0.15, -0.1) is 0 Å². The van der Waals surface area contributed by atoms with Crippen LogP contribution in [0.4, 0.5) is 0 Å². The molecule has 20 heavy (non-hydrogen) atoms. The van der Waals surface area contributed by atoms with Crippen molar-refractivity contribution in [2.75, 3.05) is 7.05 Å². The number of carbonyl (C=O) groups excluding carboxylic acids is 2. The van der Waals surface area contributed by atoms with Gasteiger partial charge in [0.25, 0.3) is 0 Å². The Kier molecular flexibility index (Phi) is 3.24. The number of hydrogen-bond donors (Lipinski definition) is 1. The Bertz CT molecular complexity index is 676. The molecule has 0 saturated carbocycles. The van der Waals surface area contributed by atoms with Crippen LogP contribution in [0.25, 0.3) is 10.8 Å². The Hall–Kier alpha value is -2.20. The summed E-state index contributed by atoms with van der Waals surface area (Å²) < 4.78 is 0. The lowest BCUT2D eigenvalue weighted by molar-refractivity contribution is -0.137. The third kappa shape index (κ3) is 2.18. The van der Waals surface area contributed by atoms with E-state index in [-0.39, 0.29) is 18.2 Å². The van der Waals surface area contributed by atoms with Crippen LogP contribution in [0, 0.1) is 0 Å². The number of benzene rings is 2. The fourth-order valence-electron chi connectivity index (χ4n) is 2.59. The first-order valence-corrected chi connectivity index (χ1v) is 6.67. The number of fused-ring (bicyclic) bond motifs is 1. The van der Waals surface area contributed by atoms with Gasteiger partial charge in [-0.25, -0.2) is 0 Å². The van der Waals surface area contributed by atoms with E-state index in [0.29, 0.717) is 6.54 Å². The summed E-state index contributed by atoms with van der Waals surface area (Å²) in [6.07, 6.45) is 0.250. The van der Waals surface area contributed by atoms with Crippen molar-refractivity contribution >= 4 is 22.6 Å². The minimum Gasteiger partial charge on any atom is -0.301 e. The normalized spacial score (nSPS) is 19.1. The fourth-order valence-corrected chi connectivity index (χ4v) is 2.59. The summed E-state index contributed by atoms with van der Waals surface area (Å²) in [5, 5.41) is 5.54. The molecule has 1 N–H and O–H groups in total. The molecular weight excluding hydrogens is 252 g/mol. The number of likely N-dealkylation sites (N-methyl/N-ethyl adjacent to an activating group) is 1. The van der Waals surface area contributed by atoms with Crippen molar-refractivity contribution < 1.29 is 9.59 Å². The van der Waals surface area contributed by atoms with E-state index in [9.17, 15) is 9.59 Å². The number of imide groups is 1. The number of likely N-dealkylation sites (tertiary alicyclic amines) is 1. The molecule has 102 valence electrons. The Morgan fingerprint density at radius 3 is 2.65 bits per heavy atom. The van der Waals surface area contributed by atoms with Gasteiger partial charge in [-0.1, -0.05) is 42.5 Å². The summed E-state index contributed by atoms with van der Waals surface area (Å²) >= 11 is 0. The second-order valence-electron chi connectivity index (χ2n) is 5.07. The maximum Gasteiger partial charge on any atom is 0.246 e. The van der Waals surface area contributed by atoms with Crippen molar-refractivity contribution in [2.24, 2.45) is 0 Å². The molecule has 0 spiro atoms. The Balaban J connectivity index is 1.78. The fraction of sp³-hybridized carbons (Fsp3) is 0.250. The van der Waals surface area contributed by atoms with Crippen LogP contribution in [0.3, 0.4) is 0 Å².